The number of hydrogen-bond donors (Lipinski definition) is 3. The first kappa shape index (κ1) is 25.6. The van der Waals surface area contributed by atoms with Crippen LogP contribution in [0, 0.1) is 23.7 Å². The number of oxime groups is 1. The molecular weight excluding hydrogens is 480 g/mol. The summed E-state index contributed by atoms with van der Waals surface area (Å²) in [5.74, 6) is -2.07. The predicted octanol–water partition coefficient (Wildman–Crippen LogP) is 1.48. The first-order valence-corrected chi connectivity index (χ1v) is 12.7. The maximum absolute atomic E-state index is 13.4. The lowest BCUT2D eigenvalue weighted by Gasteiger charge is -2.45. The first-order valence-electron chi connectivity index (χ1n) is 12.7. The highest BCUT2D eigenvalue weighted by atomic mass is 16.6. The van der Waals surface area contributed by atoms with Crippen molar-refractivity contribution in [3.05, 3.63) is 60.1 Å². The molecule has 1 aromatic carbocycles. The monoisotopic (exact) mass is 512 g/mol. The van der Waals surface area contributed by atoms with Crippen LogP contribution >= 0.6 is 0 Å². The normalized spacial score (nSPS) is 31.3. The molecule has 3 fully saturated rings. The quantitative estimate of drug-likeness (QED) is 0.339. The van der Waals surface area contributed by atoms with Gasteiger partial charge in [-0.25, -0.2) is 0 Å². The smallest absolute Gasteiger partial charge is 0.233 e. The van der Waals surface area contributed by atoms with E-state index in [-0.39, 0.29) is 50.5 Å². The molecule has 7 atom stereocenters. The van der Waals surface area contributed by atoms with Gasteiger partial charge in [-0.2, -0.15) is 0 Å². The Morgan fingerprint density at radius 3 is 2.57 bits per heavy atom. The molecule has 0 radical (unpaired) electrons. The van der Waals surface area contributed by atoms with Crippen LogP contribution < -0.4 is 0 Å². The van der Waals surface area contributed by atoms with Crippen LogP contribution in [0.25, 0.3) is 0 Å². The molecular formula is C27H32N2O8. The van der Waals surface area contributed by atoms with Crippen LogP contribution in [0.15, 0.2) is 58.3 Å². The number of ether oxygens (including phenoxy) is 1. The van der Waals surface area contributed by atoms with Crippen molar-refractivity contribution in [2.75, 3.05) is 13.2 Å². The molecule has 0 spiro atoms. The molecule has 37 heavy (non-hydrogen) atoms. The van der Waals surface area contributed by atoms with Crippen LogP contribution in [0.2, 0.25) is 0 Å². The summed E-state index contributed by atoms with van der Waals surface area (Å²) < 4.78 is 10.6. The third-order valence-corrected chi connectivity index (χ3v) is 7.64. The third-order valence-electron chi connectivity index (χ3n) is 7.64. The van der Waals surface area contributed by atoms with E-state index < -0.39 is 36.1 Å². The van der Waals surface area contributed by atoms with Gasteiger partial charge >= 0.3 is 0 Å². The number of rotatable bonds is 9. The molecule has 2 aromatic rings. The fraction of sp³-hybridized carbons (Fsp3) is 0.519. The average Bonchev–Trinajstić information content (AvgIpc) is 3.50. The van der Waals surface area contributed by atoms with E-state index in [0.29, 0.717) is 24.3 Å². The number of fused-ring (bicyclic) bond motifs is 3. The van der Waals surface area contributed by atoms with Crippen molar-refractivity contribution in [3.8, 4) is 0 Å². The second kappa shape index (κ2) is 11.1. The highest BCUT2D eigenvalue weighted by Crippen LogP contribution is 2.49. The molecule has 0 unspecified atom stereocenters. The van der Waals surface area contributed by atoms with Crippen molar-refractivity contribution in [1.82, 2.24) is 4.90 Å². The van der Waals surface area contributed by atoms with Gasteiger partial charge in [0, 0.05) is 18.3 Å². The van der Waals surface area contributed by atoms with Gasteiger partial charge in [-0.15, -0.1) is 0 Å². The summed E-state index contributed by atoms with van der Waals surface area (Å²) in [5.41, 5.74) is 1.39. The standard InChI is InChI=1S/C27H32N2O8/c30-17(13-35-15-18-7-4-10-36-18)14-37-28-21-11-22(31)25(32)23-19(21)8-9-20-24(23)27(34)29(26(20)33)12-16-5-2-1-3-6-16/h1-7,10,17,19-20,22-25,30-32H,8-9,11-15H2/b28-21+/t17-,19-,20+,22+,23-,24+,25+/m0/s1. The Hall–Kier alpha value is -3.05. The maximum Gasteiger partial charge on any atom is 0.233 e. The lowest BCUT2D eigenvalue weighted by Crippen LogP contribution is -2.54. The number of imide groups is 1. The number of furan rings is 1. The lowest BCUT2D eigenvalue weighted by molar-refractivity contribution is -0.142. The second-order valence-electron chi connectivity index (χ2n) is 10.0. The summed E-state index contributed by atoms with van der Waals surface area (Å²) >= 11 is 0. The third kappa shape index (κ3) is 5.33. The van der Waals surface area contributed by atoms with Crippen LogP contribution in [0.5, 0.6) is 0 Å². The number of aliphatic hydroxyl groups excluding tert-OH is 3. The van der Waals surface area contributed by atoms with Gasteiger partial charge in [0.05, 0.1) is 49.2 Å². The van der Waals surface area contributed by atoms with Crippen LogP contribution in [-0.2, 0) is 32.3 Å². The van der Waals surface area contributed by atoms with Crippen molar-refractivity contribution in [3.63, 3.8) is 0 Å². The molecule has 2 saturated carbocycles. The minimum Gasteiger partial charge on any atom is -0.467 e. The van der Waals surface area contributed by atoms with Crippen molar-refractivity contribution < 1.29 is 38.9 Å². The summed E-state index contributed by atoms with van der Waals surface area (Å²) in [7, 11) is 0. The van der Waals surface area contributed by atoms with Crippen LogP contribution in [0.4, 0.5) is 0 Å². The molecule has 1 aliphatic heterocycles. The number of amides is 2. The maximum atomic E-state index is 13.4. The molecule has 10 heteroatoms. The van der Waals surface area contributed by atoms with Crippen molar-refractivity contribution in [2.45, 2.75) is 50.7 Å². The van der Waals surface area contributed by atoms with Crippen molar-refractivity contribution in [1.29, 1.82) is 0 Å². The number of likely N-dealkylation sites (tertiary alicyclic amines) is 1. The molecule has 198 valence electrons. The number of hydrogen-bond acceptors (Lipinski definition) is 9. The summed E-state index contributed by atoms with van der Waals surface area (Å²) in [6.45, 7) is 0.317. The van der Waals surface area contributed by atoms with Gasteiger partial charge in [0.1, 0.15) is 25.1 Å². The van der Waals surface area contributed by atoms with Gasteiger partial charge in [0.25, 0.3) is 0 Å². The van der Waals surface area contributed by atoms with E-state index in [0.717, 1.165) is 5.56 Å². The Balaban J connectivity index is 1.23. The van der Waals surface area contributed by atoms with E-state index in [1.807, 2.05) is 30.3 Å². The van der Waals surface area contributed by atoms with Gasteiger partial charge in [0.15, 0.2) is 0 Å². The zero-order valence-electron chi connectivity index (χ0n) is 20.4. The van der Waals surface area contributed by atoms with Crippen LogP contribution in [0.1, 0.15) is 30.6 Å². The van der Waals surface area contributed by atoms with Crippen LogP contribution in [0.3, 0.4) is 0 Å². The SMILES string of the molecule is O=C1[C@H]2[C@H]3[C@H](O)[C@H](O)C/C(=N\OC[C@@H](O)COCc4ccco4)[C@@H]3CC[C@H]2C(=O)N1Cc1ccccc1. The summed E-state index contributed by atoms with van der Waals surface area (Å²) in [4.78, 5) is 33.3. The van der Waals surface area contributed by atoms with Gasteiger partial charge in [-0.3, -0.25) is 14.5 Å². The van der Waals surface area contributed by atoms with E-state index in [1.165, 1.54) is 4.90 Å². The fourth-order valence-electron chi connectivity index (χ4n) is 5.91. The van der Waals surface area contributed by atoms with E-state index >= 15 is 0 Å². The van der Waals surface area contributed by atoms with Crippen molar-refractivity contribution in [2.24, 2.45) is 28.8 Å². The lowest BCUT2D eigenvalue weighted by atomic mass is 9.60. The molecule has 3 N–H and O–H groups in total. The predicted molar refractivity (Wildman–Crippen MR) is 130 cm³/mol. The molecule has 0 bridgehead atoms. The molecule has 1 saturated heterocycles. The zero-order valence-corrected chi connectivity index (χ0v) is 20.4. The van der Waals surface area contributed by atoms with Crippen LogP contribution in [-0.4, -0.2) is 69.3 Å². The van der Waals surface area contributed by atoms with E-state index in [4.69, 9.17) is 14.0 Å². The number of aliphatic hydroxyl groups is 3. The Morgan fingerprint density at radius 2 is 1.81 bits per heavy atom. The highest BCUT2D eigenvalue weighted by molar-refractivity contribution is 6.06. The molecule has 2 amide bonds. The van der Waals surface area contributed by atoms with Gasteiger partial charge in [-0.1, -0.05) is 35.5 Å². The molecule has 1 aromatic heterocycles. The number of carbonyl (C=O) groups excluding carboxylic acids is 2. The summed E-state index contributed by atoms with van der Waals surface area (Å²) in [6, 6.07) is 12.8. The number of nitrogens with zero attached hydrogens (tertiary/aromatic N) is 2. The van der Waals surface area contributed by atoms with Gasteiger partial charge in [0.2, 0.25) is 11.8 Å². The van der Waals surface area contributed by atoms with E-state index in [9.17, 15) is 24.9 Å². The zero-order chi connectivity index (χ0) is 25.9. The number of carbonyl (C=O) groups is 2. The van der Waals surface area contributed by atoms with Gasteiger partial charge < -0.3 is 29.3 Å². The van der Waals surface area contributed by atoms with Gasteiger partial charge in [-0.05, 0) is 30.5 Å². The van der Waals surface area contributed by atoms with E-state index in [1.54, 1.807) is 18.4 Å². The minimum absolute atomic E-state index is 0.0244. The molecule has 10 nitrogen and oxygen atoms in total. The summed E-state index contributed by atoms with van der Waals surface area (Å²) in [6.07, 6.45) is -0.523. The largest absolute Gasteiger partial charge is 0.467 e. The summed E-state index contributed by atoms with van der Waals surface area (Å²) in [5, 5.41) is 35.9. The average molecular weight is 513 g/mol. The topological polar surface area (TPSA) is 142 Å². The number of benzene rings is 1. The Kier molecular flexibility index (Phi) is 7.71. The molecule has 2 aliphatic carbocycles. The fourth-order valence-corrected chi connectivity index (χ4v) is 5.91. The second-order valence-corrected chi connectivity index (χ2v) is 10.0. The molecule has 2 heterocycles. The highest BCUT2D eigenvalue weighted by Gasteiger charge is 2.59. The minimum atomic E-state index is -1.15. The molecule has 3 aliphatic rings. The Morgan fingerprint density at radius 1 is 1.03 bits per heavy atom. The molecule has 5 rings (SSSR count). The Bertz CT molecular complexity index is 1100. The Labute approximate surface area is 214 Å². The van der Waals surface area contributed by atoms with Crippen molar-refractivity contribution >= 4 is 17.5 Å². The first-order chi connectivity index (χ1) is 17.9. The van der Waals surface area contributed by atoms with E-state index in [2.05, 4.69) is 5.16 Å².